The topological polar surface area (TPSA) is 55.0 Å². The van der Waals surface area contributed by atoms with Gasteiger partial charge in [0.25, 0.3) is 0 Å². The number of nitrogens with two attached hydrogens (primary N) is 1. The van der Waals surface area contributed by atoms with Gasteiger partial charge in [0.2, 0.25) is 5.95 Å². The number of nitrogens with zero attached hydrogens (tertiary/aromatic N) is 3. The van der Waals surface area contributed by atoms with Gasteiger partial charge in [-0.25, -0.2) is 9.97 Å². The monoisotopic (exact) mass is 248 g/mol. The van der Waals surface area contributed by atoms with Crippen molar-refractivity contribution in [2.45, 2.75) is 32.6 Å². The van der Waals surface area contributed by atoms with Crippen LogP contribution < -0.4 is 10.6 Å². The van der Waals surface area contributed by atoms with Crippen molar-refractivity contribution in [3.05, 3.63) is 18.0 Å². The first-order valence-corrected chi connectivity index (χ1v) is 5.19. The van der Waals surface area contributed by atoms with Crippen LogP contribution in [0.15, 0.2) is 12.3 Å². The molecule has 0 aromatic carbocycles. The van der Waals surface area contributed by atoms with Gasteiger partial charge in [-0.2, -0.15) is 13.2 Å². The van der Waals surface area contributed by atoms with Crippen LogP contribution in [-0.4, -0.2) is 28.7 Å². The molecule has 0 unspecified atom stereocenters. The standard InChI is InChI=1S/C10H15F3N4/c1-7(2)17(6-10(11,12)13)9-15-4-3-8(5-14)16-9/h3-4,7H,5-6,14H2,1-2H3. The van der Waals surface area contributed by atoms with Crippen LogP contribution in [0.4, 0.5) is 19.1 Å². The van der Waals surface area contributed by atoms with Crippen LogP contribution in [0, 0.1) is 0 Å². The van der Waals surface area contributed by atoms with Gasteiger partial charge in [0, 0.05) is 18.8 Å². The van der Waals surface area contributed by atoms with Gasteiger partial charge in [-0.05, 0) is 19.9 Å². The molecule has 0 aliphatic carbocycles. The Balaban J connectivity index is 2.97. The molecule has 0 atom stereocenters. The molecule has 1 rings (SSSR count). The van der Waals surface area contributed by atoms with Crippen molar-refractivity contribution in [2.75, 3.05) is 11.4 Å². The molecule has 96 valence electrons. The second-order valence-corrected chi connectivity index (χ2v) is 3.89. The SMILES string of the molecule is CC(C)N(CC(F)(F)F)c1nccc(CN)n1. The summed E-state index contributed by atoms with van der Waals surface area (Å²) in [5, 5.41) is 0. The Kier molecular flexibility index (Phi) is 4.28. The number of aromatic nitrogens is 2. The molecule has 7 heteroatoms. The molecule has 1 aromatic rings. The van der Waals surface area contributed by atoms with Crippen LogP contribution in [0.3, 0.4) is 0 Å². The van der Waals surface area contributed by atoms with Crippen molar-refractivity contribution >= 4 is 5.95 Å². The molecule has 1 heterocycles. The van der Waals surface area contributed by atoms with E-state index in [2.05, 4.69) is 9.97 Å². The van der Waals surface area contributed by atoms with E-state index in [-0.39, 0.29) is 18.5 Å². The predicted molar refractivity (Wildman–Crippen MR) is 58.5 cm³/mol. The van der Waals surface area contributed by atoms with Crippen molar-refractivity contribution in [2.24, 2.45) is 5.73 Å². The highest BCUT2D eigenvalue weighted by Gasteiger charge is 2.33. The van der Waals surface area contributed by atoms with Crippen molar-refractivity contribution in [3.63, 3.8) is 0 Å². The summed E-state index contributed by atoms with van der Waals surface area (Å²) >= 11 is 0. The van der Waals surface area contributed by atoms with Crippen LogP contribution in [0.1, 0.15) is 19.5 Å². The zero-order valence-electron chi connectivity index (χ0n) is 9.70. The molecule has 0 aliphatic heterocycles. The minimum Gasteiger partial charge on any atom is -0.329 e. The summed E-state index contributed by atoms with van der Waals surface area (Å²) in [6.07, 6.45) is -2.87. The maximum absolute atomic E-state index is 12.4. The average Bonchev–Trinajstić information content (AvgIpc) is 2.24. The molecule has 1 aromatic heterocycles. The second-order valence-electron chi connectivity index (χ2n) is 3.89. The van der Waals surface area contributed by atoms with Crippen LogP contribution in [0.25, 0.3) is 0 Å². The summed E-state index contributed by atoms with van der Waals surface area (Å²) in [5.41, 5.74) is 5.91. The van der Waals surface area contributed by atoms with E-state index in [9.17, 15) is 13.2 Å². The van der Waals surface area contributed by atoms with Gasteiger partial charge in [0.05, 0.1) is 5.69 Å². The predicted octanol–water partition coefficient (Wildman–Crippen LogP) is 1.71. The summed E-state index contributed by atoms with van der Waals surface area (Å²) in [6, 6.07) is 1.24. The fourth-order valence-electron chi connectivity index (χ4n) is 1.31. The van der Waals surface area contributed by atoms with Crippen LogP contribution in [0.2, 0.25) is 0 Å². The smallest absolute Gasteiger partial charge is 0.329 e. The molecular formula is C10H15F3N4. The van der Waals surface area contributed by atoms with Gasteiger partial charge in [-0.3, -0.25) is 0 Å². The quantitative estimate of drug-likeness (QED) is 0.881. The molecule has 0 radical (unpaired) electrons. The van der Waals surface area contributed by atoms with Crippen LogP contribution >= 0.6 is 0 Å². The zero-order valence-corrected chi connectivity index (χ0v) is 9.70. The lowest BCUT2D eigenvalue weighted by molar-refractivity contribution is -0.120. The van der Waals surface area contributed by atoms with E-state index in [1.807, 2.05) is 0 Å². The van der Waals surface area contributed by atoms with Crippen molar-refractivity contribution in [3.8, 4) is 0 Å². The van der Waals surface area contributed by atoms with Gasteiger partial charge in [-0.1, -0.05) is 0 Å². The molecule has 0 spiro atoms. The second kappa shape index (κ2) is 5.31. The van der Waals surface area contributed by atoms with E-state index in [1.54, 1.807) is 19.9 Å². The summed E-state index contributed by atoms with van der Waals surface area (Å²) in [7, 11) is 0. The largest absolute Gasteiger partial charge is 0.406 e. The molecule has 17 heavy (non-hydrogen) atoms. The first kappa shape index (κ1) is 13.7. The van der Waals surface area contributed by atoms with Crippen molar-refractivity contribution in [1.82, 2.24) is 9.97 Å². The summed E-state index contributed by atoms with van der Waals surface area (Å²) in [5.74, 6) is 0.0558. The molecule has 0 aliphatic rings. The summed E-state index contributed by atoms with van der Waals surface area (Å²) in [6.45, 7) is 2.42. The van der Waals surface area contributed by atoms with E-state index < -0.39 is 12.7 Å². The van der Waals surface area contributed by atoms with E-state index in [4.69, 9.17) is 5.73 Å². The van der Waals surface area contributed by atoms with Gasteiger partial charge < -0.3 is 10.6 Å². The highest BCUT2D eigenvalue weighted by atomic mass is 19.4. The molecule has 4 nitrogen and oxygen atoms in total. The molecule has 0 saturated carbocycles. The fourth-order valence-corrected chi connectivity index (χ4v) is 1.31. The van der Waals surface area contributed by atoms with Gasteiger partial charge in [0.1, 0.15) is 6.54 Å². The Labute approximate surface area is 97.7 Å². The maximum Gasteiger partial charge on any atom is 0.406 e. The number of hydrogen-bond acceptors (Lipinski definition) is 4. The van der Waals surface area contributed by atoms with Crippen molar-refractivity contribution in [1.29, 1.82) is 0 Å². The number of anilines is 1. The Morgan fingerprint density at radius 3 is 2.53 bits per heavy atom. The number of hydrogen-bond donors (Lipinski definition) is 1. The first-order valence-electron chi connectivity index (χ1n) is 5.19. The Hall–Kier alpha value is -1.37. The summed E-state index contributed by atoms with van der Waals surface area (Å²) < 4.78 is 37.2. The molecule has 2 N–H and O–H groups in total. The van der Waals surface area contributed by atoms with Gasteiger partial charge in [-0.15, -0.1) is 0 Å². The van der Waals surface area contributed by atoms with E-state index in [1.165, 1.54) is 6.20 Å². The molecule has 0 bridgehead atoms. The lowest BCUT2D eigenvalue weighted by Gasteiger charge is -2.27. The number of halogens is 3. The number of rotatable bonds is 4. The third-order valence-electron chi connectivity index (χ3n) is 2.14. The zero-order chi connectivity index (χ0) is 13.1. The van der Waals surface area contributed by atoms with Crippen molar-refractivity contribution < 1.29 is 13.2 Å². The minimum atomic E-state index is -4.29. The molecule has 0 amide bonds. The van der Waals surface area contributed by atoms with E-state index in [0.29, 0.717) is 5.69 Å². The highest BCUT2D eigenvalue weighted by Crippen LogP contribution is 2.21. The first-order chi connectivity index (χ1) is 7.83. The van der Waals surface area contributed by atoms with Gasteiger partial charge >= 0.3 is 6.18 Å². The Morgan fingerprint density at radius 2 is 2.06 bits per heavy atom. The van der Waals surface area contributed by atoms with Gasteiger partial charge in [0.15, 0.2) is 0 Å². The lowest BCUT2D eigenvalue weighted by Crippen LogP contribution is -2.40. The van der Waals surface area contributed by atoms with Crippen LogP contribution in [0.5, 0.6) is 0 Å². The molecule has 0 saturated heterocycles. The maximum atomic E-state index is 12.4. The average molecular weight is 248 g/mol. The van der Waals surface area contributed by atoms with Crippen LogP contribution in [-0.2, 0) is 6.54 Å². The highest BCUT2D eigenvalue weighted by molar-refractivity contribution is 5.31. The molecular weight excluding hydrogens is 233 g/mol. The normalized spacial score (nSPS) is 11.9. The molecule has 0 fully saturated rings. The Morgan fingerprint density at radius 1 is 1.41 bits per heavy atom. The third-order valence-corrected chi connectivity index (χ3v) is 2.14. The third kappa shape index (κ3) is 4.18. The lowest BCUT2D eigenvalue weighted by atomic mass is 10.3. The summed E-state index contributed by atoms with van der Waals surface area (Å²) in [4.78, 5) is 8.94. The Bertz CT molecular complexity index is 365. The van der Waals surface area contributed by atoms with E-state index in [0.717, 1.165) is 4.90 Å². The fraction of sp³-hybridized carbons (Fsp3) is 0.600. The number of alkyl halides is 3. The van der Waals surface area contributed by atoms with E-state index >= 15 is 0 Å². The minimum absolute atomic E-state index is 0.0558.